The van der Waals surface area contributed by atoms with Crippen molar-refractivity contribution < 1.29 is 24.2 Å². The molecule has 21 heavy (non-hydrogen) atoms. The molecule has 0 bridgehead atoms. The zero-order chi connectivity index (χ0) is 15.5. The number of amides is 1. The average Bonchev–Trinajstić information content (AvgIpc) is 2.46. The van der Waals surface area contributed by atoms with Gasteiger partial charge in [-0.3, -0.25) is 9.59 Å². The summed E-state index contributed by atoms with van der Waals surface area (Å²) in [4.78, 5) is 21.9. The number of carboxylic acid groups (broad SMARTS) is 1. The lowest BCUT2D eigenvalue weighted by Crippen LogP contribution is -2.29. The molecule has 6 nitrogen and oxygen atoms in total. The van der Waals surface area contributed by atoms with Crippen molar-refractivity contribution in [2.75, 3.05) is 19.8 Å². The Hall–Kier alpha value is -2.24. The van der Waals surface area contributed by atoms with Crippen molar-refractivity contribution in [2.45, 2.75) is 26.2 Å². The Morgan fingerprint density at radius 3 is 2.43 bits per heavy atom. The normalized spacial score (nSPS) is 9.95. The topological polar surface area (TPSA) is 84.9 Å². The minimum absolute atomic E-state index is 0.0942. The quantitative estimate of drug-likeness (QED) is 0.643. The van der Waals surface area contributed by atoms with Crippen LogP contribution >= 0.6 is 0 Å². The van der Waals surface area contributed by atoms with Crippen molar-refractivity contribution in [3.63, 3.8) is 0 Å². The highest BCUT2D eigenvalue weighted by atomic mass is 16.5. The summed E-state index contributed by atoms with van der Waals surface area (Å²) < 4.78 is 10.8. The Bertz CT molecular complexity index is 461. The molecule has 0 aliphatic heterocycles. The number of aliphatic carboxylic acids is 1. The van der Waals surface area contributed by atoms with Gasteiger partial charge in [-0.15, -0.1) is 0 Å². The first-order valence-corrected chi connectivity index (χ1v) is 6.96. The number of carbonyl (C=O) groups is 2. The van der Waals surface area contributed by atoms with E-state index in [1.807, 2.05) is 19.1 Å². The van der Waals surface area contributed by atoms with Gasteiger partial charge in [-0.2, -0.15) is 0 Å². The number of hydrogen-bond acceptors (Lipinski definition) is 4. The number of nitrogens with one attached hydrogen (secondary N) is 1. The molecule has 0 saturated heterocycles. The van der Waals surface area contributed by atoms with E-state index in [0.717, 1.165) is 0 Å². The van der Waals surface area contributed by atoms with Gasteiger partial charge in [0, 0.05) is 13.0 Å². The van der Waals surface area contributed by atoms with E-state index in [2.05, 4.69) is 5.32 Å². The van der Waals surface area contributed by atoms with E-state index in [4.69, 9.17) is 14.6 Å². The second-order valence-electron chi connectivity index (χ2n) is 4.37. The van der Waals surface area contributed by atoms with E-state index in [1.165, 1.54) is 0 Å². The Kier molecular flexibility index (Phi) is 7.71. The Morgan fingerprint density at radius 2 is 1.81 bits per heavy atom. The first-order valence-electron chi connectivity index (χ1n) is 6.96. The molecule has 0 fully saturated rings. The second kappa shape index (κ2) is 9.63. The van der Waals surface area contributed by atoms with Gasteiger partial charge in [-0.05, 0) is 31.9 Å². The summed E-state index contributed by atoms with van der Waals surface area (Å²) in [6.45, 7) is 2.75. The highest BCUT2D eigenvalue weighted by Gasteiger charge is 2.07. The third-order valence-corrected chi connectivity index (χ3v) is 2.65. The highest BCUT2D eigenvalue weighted by Crippen LogP contribution is 2.26. The van der Waals surface area contributed by atoms with Crippen LogP contribution in [0.15, 0.2) is 24.3 Å². The summed E-state index contributed by atoms with van der Waals surface area (Å²) in [5, 5.41) is 11.2. The van der Waals surface area contributed by atoms with Crippen molar-refractivity contribution in [1.82, 2.24) is 5.32 Å². The number of benzene rings is 1. The monoisotopic (exact) mass is 295 g/mol. The number of rotatable bonds is 10. The number of hydrogen-bond donors (Lipinski definition) is 2. The van der Waals surface area contributed by atoms with Crippen LogP contribution in [0.2, 0.25) is 0 Å². The van der Waals surface area contributed by atoms with E-state index in [1.54, 1.807) is 12.1 Å². The second-order valence-corrected chi connectivity index (χ2v) is 4.37. The van der Waals surface area contributed by atoms with Crippen molar-refractivity contribution in [2.24, 2.45) is 0 Å². The molecule has 0 radical (unpaired) electrons. The van der Waals surface area contributed by atoms with Crippen LogP contribution in [0, 0.1) is 0 Å². The maximum atomic E-state index is 11.6. The van der Waals surface area contributed by atoms with Crippen molar-refractivity contribution in [3.8, 4) is 11.5 Å². The summed E-state index contributed by atoms with van der Waals surface area (Å²) in [6.07, 6.45) is 1.30. The molecule has 1 aromatic carbocycles. The first kappa shape index (κ1) is 16.8. The van der Waals surface area contributed by atoms with Crippen molar-refractivity contribution >= 4 is 11.9 Å². The summed E-state index contributed by atoms with van der Waals surface area (Å²) in [7, 11) is 0. The molecular weight excluding hydrogens is 274 g/mol. The molecule has 0 aromatic heterocycles. The molecule has 1 amide bonds. The van der Waals surface area contributed by atoms with Crippen LogP contribution in [-0.2, 0) is 9.59 Å². The van der Waals surface area contributed by atoms with E-state index >= 15 is 0 Å². The smallest absolute Gasteiger partial charge is 0.303 e. The maximum Gasteiger partial charge on any atom is 0.303 e. The molecule has 0 heterocycles. The average molecular weight is 295 g/mol. The molecule has 1 aromatic rings. The molecule has 0 saturated carbocycles. The largest absolute Gasteiger partial charge is 0.490 e. The predicted octanol–water partition coefficient (Wildman–Crippen LogP) is 1.84. The van der Waals surface area contributed by atoms with Crippen molar-refractivity contribution in [1.29, 1.82) is 0 Å². The molecule has 1 rings (SSSR count). The molecular formula is C15H21NO5. The van der Waals surface area contributed by atoms with E-state index in [0.29, 0.717) is 37.5 Å². The fourth-order valence-electron chi connectivity index (χ4n) is 1.67. The Morgan fingerprint density at radius 1 is 1.14 bits per heavy atom. The summed E-state index contributed by atoms with van der Waals surface area (Å²) in [5.41, 5.74) is 0. The van der Waals surface area contributed by atoms with Crippen LogP contribution in [0.3, 0.4) is 0 Å². The highest BCUT2D eigenvalue weighted by molar-refractivity contribution is 5.77. The van der Waals surface area contributed by atoms with Gasteiger partial charge >= 0.3 is 5.97 Å². The van der Waals surface area contributed by atoms with Gasteiger partial charge in [0.15, 0.2) is 18.1 Å². The lowest BCUT2D eigenvalue weighted by atomic mass is 10.2. The Labute approximate surface area is 124 Å². The fourth-order valence-corrected chi connectivity index (χ4v) is 1.67. The molecule has 0 aliphatic carbocycles. The van der Waals surface area contributed by atoms with Gasteiger partial charge in [0.05, 0.1) is 6.61 Å². The Balaban J connectivity index is 2.25. The van der Waals surface area contributed by atoms with Gasteiger partial charge in [-0.1, -0.05) is 12.1 Å². The van der Waals surface area contributed by atoms with Crippen LogP contribution < -0.4 is 14.8 Å². The standard InChI is InChI=1S/C15H21NO5/c1-2-20-12-7-3-4-8-13(12)21-11-14(17)16-10-6-5-9-15(18)19/h3-4,7-8H,2,5-6,9-11H2,1H3,(H,16,17)(H,18,19). The third-order valence-electron chi connectivity index (χ3n) is 2.65. The number of ether oxygens (including phenoxy) is 2. The van der Waals surface area contributed by atoms with Crippen LogP contribution in [-0.4, -0.2) is 36.7 Å². The van der Waals surface area contributed by atoms with Crippen LogP contribution in [0.25, 0.3) is 0 Å². The van der Waals surface area contributed by atoms with Crippen LogP contribution in [0.4, 0.5) is 0 Å². The SMILES string of the molecule is CCOc1ccccc1OCC(=O)NCCCCC(=O)O. The molecule has 6 heteroatoms. The van der Waals surface area contributed by atoms with Gasteiger partial charge < -0.3 is 19.9 Å². The minimum Gasteiger partial charge on any atom is -0.490 e. The van der Waals surface area contributed by atoms with E-state index in [9.17, 15) is 9.59 Å². The lowest BCUT2D eigenvalue weighted by molar-refractivity contribution is -0.137. The van der Waals surface area contributed by atoms with Crippen LogP contribution in [0.5, 0.6) is 11.5 Å². The van der Waals surface area contributed by atoms with Gasteiger partial charge in [0.1, 0.15) is 0 Å². The predicted molar refractivity (Wildman–Crippen MR) is 77.6 cm³/mol. The first-order chi connectivity index (χ1) is 10.1. The van der Waals surface area contributed by atoms with Gasteiger partial charge in [0.25, 0.3) is 5.91 Å². The zero-order valence-corrected chi connectivity index (χ0v) is 12.1. The summed E-state index contributed by atoms with van der Waals surface area (Å²) in [5.74, 6) is 0.0726. The molecule has 116 valence electrons. The molecule has 0 unspecified atom stereocenters. The summed E-state index contributed by atoms with van der Waals surface area (Å²) >= 11 is 0. The fraction of sp³-hybridized carbons (Fsp3) is 0.467. The maximum absolute atomic E-state index is 11.6. The summed E-state index contributed by atoms with van der Waals surface area (Å²) in [6, 6.07) is 7.16. The number of para-hydroxylation sites is 2. The van der Waals surface area contributed by atoms with Crippen LogP contribution in [0.1, 0.15) is 26.2 Å². The molecule has 0 atom stereocenters. The lowest BCUT2D eigenvalue weighted by Gasteiger charge is -2.11. The number of unbranched alkanes of at least 4 members (excludes halogenated alkanes) is 1. The number of carboxylic acids is 1. The van der Waals surface area contributed by atoms with Gasteiger partial charge in [-0.25, -0.2) is 0 Å². The minimum atomic E-state index is -0.822. The van der Waals surface area contributed by atoms with E-state index in [-0.39, 0.29) is 18.9 Å². The van der Waals surface area contributed by atoms with E-state index < -0.39 is 5.97 Å². The van der Waals surface area contributed by atoms with Gasteiger partial charge in [0.2, 0.25) is 0 Å². The number of carbonyl (C=O) groups excluding carboxylic acids is 1. The molecule has 0 aliphatic rings. The molecule has 2 N–H and O–H groups in total. The third kappa shape index (κ3) is 7.20. The zero-order valence-electron chi connectivity index (χ0n) is 12.1. The molecule has 0 spiro atoms. The van der Waals surface area contributed by atoms with Crippen molar-refractivity contribution in [3.05, 3.63) is 24.3 Å².